The lowest BCUT2D eigenvalue weighted by atomic mass is 10.0. The maximum Gasteiger partial charge on any atom is 0.179 e. The van der Waals surface area contributed by atoms with Gasteiger partial charge in [-0.1, -0.05) is 0 Å². The molecule has 0 aliphatic rings. The molecule has 1 rings (SSSR count). The quantitative estimate of drug-likeness (QED) is 0.767. The Hall–Kier alpha value is -1.35. The van der Waals surface area contributed by atoms with Crippen LogP contribution in [0.5, 0.6) is 5.75 Å². The first-order chi connectivity index (χ1) is 7.06. The van der Waals surface area contributed by atoms with E-state index in [2.05, 4.69) is 0 Å². The fourth-order valence-corrected chi connectivity index (χ4v) is 1.41. The first-order valence-corrected chi connectivity index (χ1v) is 5.09. The molecule has 1 aromatic carbocycles. The van der Waals surface area contributed by atoms with E-state index in [1.807, 2.05) is 19.9 Å². The Labute approximate surface area is 90.2 Å². The maximum absolute atomic E-state index is 11.7. The third-order valence-corrected chi connectivity index (χ3v) is 2.19. The van der Waals surface area contributed by atoms with E-state index >= 15 is 0 Å². The van der Waals surface area contributed by atoms with E-state index in [4.69, 9.17) is 10.5 Å². The van der Waals surface area contributed by atoms with Gasteiger partial charge < -0.3 is 10.5 Å². The Morgan fingerprint density at radius 1 is 1.53 bits per heavy atom. The zero-order chi connectivity index (χ0) is 11.4. The van der Waals surface area contributed by atoms with Crippen molar-refractivity contribution in [3.8, 4) is 5.75 Å². The average molecular weight is 207 g/mol. The van der Waals surface area contributed by atoms with Crippen LogP contribution in [0.3, 0.4) is 0 Å². The number of carbonyl (C=O) groups is 1. The summed E-state index contributed by atoms with van der Waals surface area (Å²) in [5, 5.41) is 0. The van der Waals surface area contributed by atoms with Crippen molar-refractivity contribution in [1.29, 1.82) is 0 Å². The SMILES string of the molecule is CCOc1ccc(C(=O)C(C)N)c(C)c1. The lowest BCUT2D eigenvalue weighted by Gasteiger charge is -2.10. The minimum absolute atomic E-state index is 0.0319. The van der Waals surface area contributed by atoms with Gasteiger partial charge in [0.05, 0.1) is 12.6 Å². The summed E-state index contributed by atoms with van der Waals surface area (Å²) in [4.78, 5) is 11.7. The molecule has 0 radical (unpaired) electrons. The summed E-state index contributed by atoms with van der Waals surface area (Å²) in [7, 11) is 0. The molecule has 3 nitrogen and oxygen atoms in total. The van der Waals surface area contributed by atoms with Crippen LogP contribution in [0.25, 0.3) is 0 Å². The Balaban J connectivity index is 2.97. The predicted octanol–water partition coefficient (Wildman–Crippen LogP) is 1.92. The van der Waals surface area contributed by atoms with Gasteiger partial charge in [-0.05, 0) is 44.5 Å². The second-order valence-corrected chi connectivity index (χ2v) is 3.56. The Kier molecular flexibility index (Phi) is 3.86. The van der Waals surface area contributed by atoms with Gasteiger partial charge in [0.15, 0.2) is 5.78 Å². The van der Waals surface area contributed by atoms with Gasteiger partial charge in [-0.2, -0.15) is 0 Å². The van der Waals surface area contributed by atoms with Crippen LogP contribution in [0.2, 0.25) is 0 Å². The first-order valence-electron chi connectivity index (χ1n) is 5.09. The molecular formula is C12H17NO2. The molecule has 15 heavy (non-hydrogen) atoms. The van der Waals surface area contributed by atoms with E-state index in [9.17, 15) is 4.79 Å². The van der Waals surface area contributed by atoms with Gasteiger partial charge in [0, 0.05) is 5.56 Å². The van der Waals surface area contributed by atoms with Crippen LogP contribution in [0.1, 0.15) is 29.8 Å². The number of nitrogens with two attached hydrogens (primary N) is 1. The van der Waals surface area contributed by atoms with Gasteiger partial charge in [0.25, 0.3) is 0 Å². The molecular weight excluding hydrogens is 190 g/mol. The summed E-state index contributed by atoms with van der Waals surface area (Å²) in [5.41, 5.74) is 7.13. The number of rotatable bonds is 4. The fraction of sp³-hybridized carbons (Fsp3) is 0.417. The first kappa shape index (κ1) is 11.7. The number of ether oxygens (including phenoxy) is 1. The Bertz CT molecular complexity index is 359. The molecule has 1 aromatic rings. The lowest BCUT2D eigenvalue weighted by molar-refractivity contribution is 0.0967. The van der Waals surface area contributed by atoms with Crippen molar-refractivity contribution in [3.05, 3.63) is 29.3 Å². The molecule has 0 saturated heterocycles. The highest BCUT2D eigenvalue weighted by Gasteiger charge is 2.13. The monoisotopic (exact) mass is 207 g/mol. The zero-order valence-electron chi connectivity index (χ0n) is 9.41. The van der Waals surface area contributed by atoms with Crippen molar-refractivity contribution in [2.75, 3.05) is 6.61 Å². The van der Waals surface area contributed by atoms with Gasteiger partial charge in [-0.25, -0.2) is 0 Å². The molecule has 0 saturated carbocycles. The fourth-order valence-electron chi connectivity index (χ4n) is 1.41. The number of carbonyl (C=O) groups excluding carboxylic acids is 1. The van der Waals surface area contributed by atoms with E-state index < -0.39 is 6.04 Å². The molecule has 0 spiro atoms. The standard InChI is InChI=1S/C12H17NO2/c1-4-15-10-5-6-11(8(2)7-10)12(14)9(3)13/h5-7,9H,4,13H2,1-3H3. The highest BCUT2D eigenvalue weighted by atomic mass is 16.5. The van der Waals surface area contributed by atoms with Crippen LogP contribution in [0.4, 0.5) is 0 Å². The highest BCUT2D eigenvalue weighted by molar-refractivity contribution is 6.01. The number of aryl methyl sites for hydroxylation is 1. The minimum atomic E-state index is -0.457. The zero-order valence-corrected chi connectivity index (χ0v) is 9.41. The van der Waals surface area contributed by atoms with Crippen LogP contribution in [0, 0.1) is 6.92 Å². The van der Waals surface area contributed by atoms with Crippen molar-refractivity contribution in [2.45, 2.75) is 26.8 Å². The number of hydrogen-bond donors (Lipinski definition) is 1. The van der Waals surface area contributed by atoms with Crippen molar-refractivity contribution in [2.24, 2.45) is 5.73 Å². The van der Waals surface area contributed by atoms with E-state index in [0.717, 1.165) is 11.3 Å². The summed E-state index contributed by atoms with van der Waals surface area (Å²) in [6.07, 6.45) is 0. The summed E-state index contributed by atoms with van der Waals surface area (Å²) < 4.78 is 5.34. The van der Waals surface area contributed by atoms with Crippen LogP contribution >= 0.6 is 0 Å². The van der Waals surface area contributed by atoms with Crippen LogP contribution in [-0.2, 0) is 0 Å². The molecule has 0 aliphatic heterocycles. The highest BCUT2D eigenvalue weighted by Crippen LogP contribution is 2.18. The Morgan fingerprint density at radius 3 is 2.67 bits per heavy atom. The topological polar surface area (TPSA) is 52.3 Å². The van der Waals surface area contributed by atoms with E-state index in [-0.39, 0.29) is 5.78 Å². The Morgan fingerprint density at radius 2 is 2.20 bits per heavy atom. The third kappa shape index (κ3) is 2.80. The summed E-state index contributed by atoms with van der Waals surface area (Å²) in [6.45, 7) is 6.13. The smallest absolute Gasteiger partial charge is 0.179 e. The molecule has 0 bridgehead atoms. The second kappa shape index (κ2) is 4.94. The van der Waals surface area contributed by atoms with Crippen molar-refractivity contribution < 1.29 is 9.53 Å². The number of hydrogen-bond acceptors (Lipinski definition) is 3. The number of benzene rings is 1. The van der Waals surface area contributed by atoms with E-state index in [0.29, 0.717) is 12.2 Å². The molecule has 0 heterocycles. The van der Waals surface area contributed by atoms with E-state index in [1.54, 1.807) is 19.1 Å². The van der Waals surface area contributed by atoms with Gasteiger partial charge in [-0.15, -0.1) is 0 Å². The largest absolute Gasteiger partial charge is 0.494 e. The van der Waals surface area contributed by atoms with Crippen molar-refractivity contribution >= 4 is 5.78 Å². The van der Waals surface area contributed by atoms with Crippen LogP contribution in [-0.4, -0.2) is 18.4 Å². The molecule has 1 unspecified atom stereocenters. The van der Waals surface area contributed by atoms with Gasteiger partial charge in [-0.3, -0.25) is 4.79 Å². The number of Topliss-reactive ketones (excluding diaryl/α,β-unsaturated/α-hetero) is 1. The van der Waals surface area contributed by atoms with Crippen molar-refractivity contribution in [3.63, 3.8) is 0 Å². The third-order valence-electron chi connectivity index (χ3n) is 2.19. The van der Waals surface area contributed by atoms with Crippen LogP contribution in [0.15, 0.2) is 18.2 Å². The van der Waals surface area contributed by atoms with Crippen molar-refractivity contribution in [1.82, 2.24) is 0 Å². The van der Waals surface area contributed by atoms with Gasteiger partial charge in [0.2, 0.25) is 0 Å². The van der Waals surface area contributed by atoms with E-state index in [1.165, 1.54) is 0 Å². The van der Waals surface area contributed by atoms with Gasteiger partial charge >= 0.3 is 0 Å². The molecule has 3 heteroatoms. The second-order valence-electron chi connectivity index (χ2n) is 3.56. The molecule has 82 valence electrons. The van der Waals surface area contributed by atoms with Crippen LogP contribution < -0.4 is 10.5 Å². The molecule has 0 aliphatic carbocycles. The minimum Gasteiger partial charge on any atom is -0.494 e. The molecule has 0 aromatic heterocycles. The lowest BCUT2D eigenvalue weighted by Crippen LogP contribution is -2.27. The predicted molar refractivity (Wildman–Crippen MR) is 60.3 cm³/mol. The molecule has 0 amide bonds. The number of ketones is 1. The normalized spacial score (nSPS) is 12.3. The van der Waals surface area contributed by atoms with Gasteiger partial charge in [0.1, 0.15) is 5.75 Å². The average Bonchev–Trinajstić information content (AvgIpc) is 2.17. The summed E-state index contributed by atoms with van der Waals surface area (Å²) in [5.74, 6) is 0.756. The molecule has 2 N–H and O–H groups in total. The maximum atomic E-state index is 11.7. The molecule has 0 fully saturated rings. The summed E-state index contributed by atoms with van der Waals surface area (Å²) >= 11 is 0. The summed E-state index contributed by atoms with van der Waals surface area (Å²) in [6, 6.07) is 4.97. The molecule has 1 atom stereocenters.